The molecule has 5 heteroatoms. The molecule has 0 unspecified atom stereocenters. The van der Waals surface area contributed by atoms with E-state index >= 15 is 0 Å². The van der Waals surface area contributed by atoms with E-state index in [1.807, 2.05) is 4.90 Å². The van der Waals surface area contributed by atoms with E-state index < -0.39 is 0 Å². The van der Waals surface area contributed by atoms with Gasteiger partial charge in [0.25, 0.3) is 5.91 Å². The molecule has 1 saturated heterocycles. The molecule has 1 aliphatic rings. The molecule has 1 aromatic carbocycles. The summed E-state index contributed by atoms with van der Waals surface area (Å²) in [5.74, 6) is -0.0284. The summed E-state index contributed by atoms with van der Waals surface area (Å²) >= 11 is 2.15. The van der Waals surface area contributed by atoms with Gasteiger partial charge in [0.2, 0.25) is 0 Å². The number of aromatic hydroxyl groups is 1. The van der Waals surface area contributed by atoms with E-state index in [2.05, 4.69) is 48.4 Å². The van der Waals surface area contributed by atoms with Gasteiger partial charge in [-0.05, 0) is 61.7 Å². The lowest BCUT2D eigenvalue weighted by atomic mass is 9.99. The largest absolute Gasteiger partial charge is 0.507 e. The van der Waals surface area contributed by atoms with Gasteiger partial charge < -0.3 is 10.0 Å². The zero-order valence-corrected chi connectivity index (χ0v) is 13.6. The number of piperazine rings is 1. The number of carbonyl (C=O) groups is 1. The molecule has 1 fully saturated rings. The Morgan fingerprint density at radius 1 is 1.37 bits per heavy atom. The molecule has 0 bridgehead atoms. The molecule has 0 saturated carbocycles. The summed E-state index contributed by atoms with van der Waals surface area (Å²) < 4.78 is 0.951. The lowest BCUT2D eigenvalue weighted by Crippen LogP contribution is -2.58. The normalized spacial score (nSPS) is 19.5. The zero-order chi connectivity index (χ0) is 14.2. The Labute approximate surface area is 127 Å². The topological polar surface area (TPSA) is 43.8 Å². The number of benzene rings is 1. The third-order valence-electron chi connectivity index (χ3n) is 3.79. The zero-order valence-electron chi connectivity index (χ0n) is 11.5. The number of amides is 1. The third-order valence-corrected chi connectivity index (χ3v) is 4.46. The average molecular weight is 374 g/mol. The van der Waals surface area contributed by atoms with Crippen LogP contribution in [0.3, 0.4) is 0 Å². The minimum absolute atomic E-state index is 0.0362. The highest BCUT2D eigenvalue weighted by atomic mass is 127. The standard InChI is InChI=1S/C14H19IN2O2/c1-14(2)9-17(7-6-16(14)3)13(19)11-8-10(15)4-5-12(11)18/h4-5,8,18H,6-7,9H2,1-3H3. The van der Waals surface area contributed by atoms with Gasteiger partial charge in [0.05, 0.1) is 5.56 Å². The van der Waals surface area contributed by atoms with Crippen LogP contribution in [-0.4, -0.2) is 53.0 Å². The second kappa shape index (κ2) is 5.28. The molecule has 19 heavy (non-hydrogen) atoms. The average Bonchev–Trinajstić information content (AvgIpc) is 2.35. The highest BCUT2D eigenvalue weighted by molar-refractivity contribution is 14.1. The summed E-state index contributed by atoms with van der Waals surface area (Å²) in [6, 6.07) is 5.11. The molecule has 0 spiro atoms. The first-order valence-corrected chi connectivity index (χ1v) is 7.38. The number of hydrogen-bond acceptors (Lipinski definition) is 3. The first-order valence-electron chi connectivity index (χ1n) is 6.30. The van der Waals surface area contributed by atoms with Gasteiger partial charge in [0.1, 0.15) is 5.75 Å². The lowest BCUT2D eigenvalue weighted by Gasteiger charge is -2.45. The predicted octanol–water partition coefficient (Wildman–Crippen LogP) is 2.16. The Morgan fingerprint density at radius 3 is 2.68 bits per heavy atom. The number of hydrogen-bond donors (Lipinski definition) is 1. The van der Waals surface area contributed by atoms with Crippen LogP contribution in [0.5, 0.6) is 5.75 Å². The van der Waals surface area contributed by atoms with Crippen molar-refractivity contribution in [2.75, 3.05) is 26.7 Å². The summed E-state index contributed by atoms with van der Waals surface area (Å²) in [5, 5.41) is 9.86. The van der Waals surface area contributed by atoms with Crippen LogP contribution in [0.2, 0.25) is 0 Å². The van der Waals surface area contributed by atoms with Crippen LogP contribution < -0.4 is 0 Å². The van der Waals surface area contributed by atoms with E-state index in [9.17, 15) is 9.90 Å². The van der Waals surface area contributed by atoms with E-state index in [0.29, 0.717) is 18.7 Å². The van der Waals surface area contributed by atoms with Crippen LogP contribution in [0.4, 0.5) is 0 Å². The Hall–Kier alpha value is -0.820. The molecule has 0 radical (unpaired) electrons. The van der Waals surface area contributed by atoms with Crippen LogP contribution >= 0.6 is 22.6 Å². The maximum Gasteiger partial charge on any atom is 0.257 e. The van der Waals surface area contributed by atoms with Crippen LogP contribution in [0, 0.1) is 3.57 Å². The molecular weight excluding hydrogens is 355 g/mol. The molecule has 4 nitrogen and oxygen atoms in total. The second-order valence-electron chi connectivity index (χ2n) is 5.62. The van der Waals surface area contributed by atoms with Crippen molar-refractivity contribution >= 4 is 28.5 Å². The van der Waals surface area contributed by atoms with Gasteiger partial charge >= 0.3 is 0 Å². The summed E-state index contributed by atoms with van der Waals surface area (Å²) in [7, 11) is 2.07. The molecule has 1 aromatic rings. The Morgan fingerprint density at radius 2 is 2.05 bits per heavy atom. The maximum atomic E-state index is 12.5. The molecule has 1 amide bonds. The van der Waals surface area contributed by atoms with Crippen molar-refractivity contribution in [3.63, 3.8) is 0 Å². The molecule has 0 aliphatic carbocycles. The molecule has 1 aliphatic heterocycles. The van der Waals surface area contributed by atoms with Crippen molar-refractivity contribution < 1.29 is 9.90 Å². The third kappa shape index (κ3) is 3.02. The summed E-state index contributed by atoms with van der Waals surface area (Å²) in [6.45, 7) is 6.47. The number of rotatable bonds is 1. The van der Waals surface area contributed by atoms with Crippen LogP contribution in [0.15, 0.2) is 18.2 Å². The summed E-state index contributed by atoms with van der Waals surface area (Å²) in [6.07, 6.45) is 0. The summed E-state index contributed by atoms with van der Waals surface area (Å²) in [5.41, 5.74) is 0.359. The molecule has 104 valence electrons. The first kappa shape index (κ1) is 14.6. The number of halogens is 1. The fraction of sp³-hybridized carbons (Fsp3) is 0.500. The van der Waals surface area contributed by atoms with Crippen LogP contribution in [-0.2, 0) is 0 Å². The molecule has 2 rings (SSSR count). The lowest BCUT2D eigenvalue weighted by molar-refractivity contribution is 0.0309. The fourth-order valence-corrected chi connectivity index (χ4v) is 2.75. The van der Waals surface area contributed by atoms with Crippen molar-refractivity contribution in [3.8, 4) is 5.75 Å². The SMILES string of the molecule is CN1CCN(C(=O)c2cc(I)ccc2O)CC1(C)C. The van der Waals surface area contributed by atoms with Crippen molar-refractivity contribution in [2.24, 2.45) is 0 Å². The van der Waals surface area contributed by atoms with Gasteiger partial charge in [-0.15, -0.1) is 0 Å². The number of carbonyl (C=O) groups excluding carboxylic acids is 1. The minimum Gasteiger partial charge on any atom is -0.507 e. The Balaban J connectivity index is 2.23. The van der Waals surface area contributed by atoms with Gasteiger partial charge in [-0.1, -0.05) is 0 Å². The number of likely N-dealkylation sites (N-methyl/N-ethyl adjacent to an activating group) is 1. The van der Waals surface area contributed by atoms with E-state index in [4.69, 9.17) is 0 Å². The highest BCUT2D eigenvalue weighted by Crippen LogP contribution is 2.25. The second-order valence-corrected chi connectivity index (χ2v) is 6.87. The smallest absolute Gasteiger partial charge is 0.257 e. The van der Waals surface area contributed by atoms with E-state index in [1.165, 1.54) is 0 Å². The van der Waals surface area contributed by atoms with E-state index in [0.717, 1.165) is 10.1 Å². The molecule has 0 atom stereocenters. The minimum atomic E-state index is -0.0859. The van der Waals surface area contributed by atoms with Gasteiger partial charge in [0, 0.05) is 28.7 Å². The highest BCUT2D eigenvalue weighted by Gasteiger charge is 2.34. The van der Waals surface area contributed by atoms with Crippen molar-refractivity contribution in [1.82, 2.24) is 9.80 Å². The van der Waals surface area contributed by atoms with E-state index in [-0.39, 0.29) is 17.2 Å². The first-order chi connectivity index (χ1) is 8.81. The maximum absolute atomic E-state index is 12.5. The molecule has 0 aromatic heterocycles. The van der Waals surface area contributed by atoms with Crippen LogP contribution in [0.1, 0.15) is 24.2 Å². The van der Waals surface area contributed by atoms with Gasteiger partial charge in [-0.3, -0.25) is 9.69 Å². The van der Waals surface area contributed by atoms with Crippen LogP contribution in [0.25, 0.3) is 0 Å². The number of phenols is 1. The number of phenolic OH excluding ortho intramolecular Hbond substituents is 1. The van der Waals surface area contributed by atoms with Crippen molar-refractivity contribution in [2.45, 2.75) is 19.4 Å². The van der Waals surface area contributed by atoms with Gasteiger partial charge in [-0.25, -0.2) is 0 Å². The van der Waals surface area contributed by atoms with Gasteiger partial charge in [-0.2, -0.15) is 0 Å². The quantitative estimate of drug-likeness (QED) is 0.767. The van der Waals surface area contributed by atoms with Crippen molar-refractivity contribution in [3.05, 3.63) is 27.3 Å². The Kier molecular flexibility index (Phi) is 4.06. The van der Waals surface area contributed by atoms with Gasteiger partial charge in [0.15, 0.2) is 0 Å². The molecule has 1 N–H and O–H groups in total. The fourth-order valence-electron chi connectivity index (χ4n) is 2.26. The van der Waals surface area contributed by atoms with Crippen molar-refractivity contribution in [1.29, 1.82) is 0 Å². The monoisotopic (exact) mass is 374 g/mol. The number of nitrogens with zero attached hydrogens (tertiary/aromatic N) is 2. The Bertz CT molecular complexity index is 502. The molecule has 1 heterocycles. The summed E-state index contributed by atoms with van der Waals surface area (Å²) in [4.78, 5) is 16.6. The van der Waals surface area contributed by atoms with E-state index in [1.54, 1.807) is 18.2 Å². The molecular formula is C14H19IN2O2. The predicted molar refractivity (Wildman–Crippen MR) is 83.4 cm³/mol.